The molecule has 0 unspecified atom stereocenters. The van der Waals surface area contributed by atoms with E-state index in [0.29, 0.717) is 31.0 Å². The number of halogens is 1. The lowest BCUT2D eigenvalue weighted by molar-refractivity contribution is 0.606. The molecule has 6 heteroatoms. The molecule has 0 amide bonds. The molecule has 4 nitrogen and oxygen atoms in total. The number of hydrogen-bond donors (Lipinski definition) is 2. The van der Waals surface area contributed by atoms with Gasteiger partial charge in [0.15, 0.2) is 5.96 Å². The van der Waals surface area contributed by atoms with Crippen LogP contribution in [0, 0.1) is 12.7 Å². The third kappa shape index (κ3) is 4.53. The SMILES string of the molecule is CN=C(NCCc1ccccc1F)NCc1scnc1C. The number of aromatic nitrogens is 1. The van der Waals surface area contributed by atoms with Gasteiger partial charge in [-0.1, -0.05) is 18.2 Å². The average molecular weight is 306 g/mol. The van der Waals surface area contributed by atoms with Gasteiger partial charge in [0.25, 0.3) is 0 Å². The van der Waals surface area contributed by atoms with Crippen LogP contribution < -0.4 is 10.6 Å². The first kappa shape index (κ1) is 15.4. The van der Waals surface area contributed by atoms with E-state index in [2.05, 4.69) is 20.6 Å². The Bertz CT molecular complexity index is 609. The Morgan fingerprint density at radius 3 is 2.81 bits per heavy atom. The normalized spacial score (nSPS) is 11.5. The highest BCUT2D eigenvalue weighted by atomic mass is 32.1. The van der Waals surface area contributed by atoms with Gasteiger partial charge in [0.2, 0.25) is 0 Å². The van der Waals surface area contributed by atoms with Crippen LogP contribution in [0.2, 0.25) is 0 Å². The van der Waals surface area contributed by atoms with Crippen LogP contribution in [0.15, 0.2) is 34.8 Å². The number of aliphatic imine (C=N–C) groups is 1. The largest absolute Gasteiger partial charge is 0.356 e. The zero-order valence-corrected chi connectivity index (χ0v) is 13.0. The molecule has 2 rings (SSSR count). The van der Waals surface area contributed by atoms with E-state index in [9.17, 15) is 4.39 Å². The molecular weight excluding hydrogens is 287 g/mol. The molecule has 0 aliphatic carbocycles. The Labute approximate surface area is 128 Å². The zero-order valence-electron chi connectivity index (χ0n) is 12.2. The van der Waals surface area contributed by atoms with Crippen LogP contribution in [-0.2, 0) is 13.0 Å². The molecule has 0 aliphatic heterocycles. The second kappa shape index (κ2) is 7.73. The van der Waals surface area contributed by atoms with Gasteiger partial charge in [-0.3, -0.25) is 4.99 Å². The van der Waals surface area contributed by atoms with Crippen molar-refractivity contribution in [2.45, 2.75) is 19.9 Å². The number of aryl methyl sites for hydroxylation is 1. The van der Waals surface area contributed by atoms with E-state index in [0.717, 1.165) is 5.69 Å². The summed E-state index contributed by atoms with van der Waals surface area (Å²) in [5, 5.41) is 6.41. The summed E-state index contributed by atoms with van der Waals surface area (Å²) in [7, 11) is 1.72. The van der Waals surface area contributed by atoms with Gasteiger partial charge in [0, 0.05) is 18.5 Å². The standard InChI is InChI=1S/C15H19FN4S/c1-11-14(21-10-20-11)9-19-15(17-2)18-8-7-12-5-3-4-6-13(12)16/h3-6,10H,7-9H2,1-2H3,(H2,17,18,19). The summed E-state index contributed by atoms with van der Waals surface area (Å²) in [5.74, 6) is 0.543. The lowest BCUT2D eigenvalue weighted by Crippen LogP contribution is -2.37. The van der Waals surface area contributed by atoms with E-state index in [1.165, 1.54) is 10.9 Å². The quantitative estimate of drug-likeness (QED) is 0.659. The monoisotopic (exact) mass is 306 g/mol. The second-order valence-electron chi connectivity index (χ2n) is 4.55. The lowest BCUT2D eigenvalue weighted by atomic mass is 10.1. The van der Waals surface area contributed by atoms with E-state index in [4.69, 9.17) is 0 Å². The van der Waals surface area contributed by atoms with Crippen molar-refractivity contribution in [3.05, 3.63) is 51.7 Å². The van der Waals surface area contributed by atoms with Gasteiger partial charge in [0.05, 0.1) is 17.7 Å². The van der Waals surface area contributed by atoms with Crippen molar-refractivity contribution in [1.29, 1.82) is 0 Å². The molecule has 2 aromatic rings. The van der Waals surface area contributed by atoms with Gasteiger partial charge in [-0.15, -0.1) is 11.3 Å². The molecule has 0 bridgehead atoms. The van der Waals surface area contributed by atoms with Crippen LogP contribution in [0.25, 0.3) is 0 Å². The molecule has 1 aromatic heterocycles. The van der Waals surface area contributed by atoms with Crippen LogP contribution in [0.3, 0.4) is 0 Å². The molecule has 0 atom stereocenters. The average Bonchev–Trinajstić information content (AvgIpc) is 2.90. The zero-order chi connectivity index (χ0) is 15.1. The molecule has 1 heterocycles. The van der Waals surface area contributed by atoms with Crippen molar-refractivity contribution in [3.8, 4) is 0 Å². The van der Waals surface area contributed by atoms with E-state index in [1.807, 2.05) is 18.5 Å². The highest BCUT2D eigenvalue weighted by Gasteiger charge is 2.04. The predicted octanol–water partition coefficient (Wildman–Crippen LogP) is 2.50. The number of guanidine groups is 1. The van der Waals surface area contributed by atoms with E-state index < -0.39 is 0 Å². The van der Waals surface area contributed by atoms with E-state index in [1.54, 1.807) is 30.5 Å². The second-order valence-corrected chi connectivity index (χ2v) is 5.49. The number of nitrogens with one attached hydrogen (secondary N) is 2. The number of hydrogen-bond acceptors (Lipinski definition) is 3. The summed E-state index contributed by atoms with van der Waals surface area (Å²) in [6.45, 7) is 3.31. The Morgan fingerprint density at radius 2 is 2.14 bits per heavy atom. The fourth-order valence-corrected chi connectivity index (χ4v) is 2.61. The van der Waals surface area contributed by atoms with Crippen molar-refractivity contribution in [3.63, 3.8) is 0 Å². The summed E-state index contributed by atoms with van der Waals surface area (Å²) < 4.78 is 13.5. The maximum Gasteiger partial charge on any atom is 0.191 e. The molecule has 1 aromatic carbocycles. The number of rotatable bonds is 5. The maximum absolute atomic E-state index is 13.5. The van der Waals surface area contributed by atoms with Crippen molar-refractivity contribution in [2.24, 2.45) is 4.99 Å². The topological polar surface area (TPSA) is 49.3 Å². The van der Waals surface area contributed by atoms with E-state index in [-0.39, 0.29) is 5.82 Å². The third-order valence-corrected chi connectivity index (χ3v) is 4.06. The Balaban J connectivity index is 1.78. The van der Waals surface area contributed by atoms with Gasteiger partial charge >= 0.3 is 0 Å². The number of benzene rings is 1. The minimum absolute atomic E-state index is 0.164. The minimum Gasteiger partial charge on any atom is -0.356 e. The fraction of sp³-hybridized carbons (Fsp3) is 0.333. The van der Waals surface area contributed by atoms with Gasteiger partial charge in [-0.05, 0) is 25.0 Å². The molecule has 2 N–H and O–H groups in total. The van der Waals surface area contributed by atoms with Crippen molar-refractivity contribution >= 4 is 17.3 Å². The predicted molar refractivity (Wildman–Crippen MR) is 85.2 cm³/mol. The molecule has 0 saturated heterocycles. The molecule has 0 aliphatic rings. The van der Waals surface area contributed by atoms with Crippen LogP contribution in [0.1, 0.15) is 16.1 Å². The van der Waals surface area contributed by atoms with Gasteiger partial charge in [-0.2, -0.15) is 0 Å². The third-order valence-electron chi connectivity index (χ3n) is 3.13. The number of thiazole rings is 1. The van der Waals surface area contributed by atoms with Crippen LogP contribution in [-0.4, -0.2) is 24.5 Å². The summed E-state index contributed by atoms with van der Waals surface area (Å²) >= 11 is 1.62. The minimum atomic E-state index is -0.164. The molecule has 21 heavy (non-hydrogen) atoms. The Hall–Kier alpha value is -1.95. The highest BCUT2D eigenvalue weighted by Crippen LogP contribution is 2.11. The van der Waals surface area contributed by atoms with Gasteiger partial charge in [-0.25, -0.2) is 9.37 Å². The molecular formula is C15H19FN4S. The van der Waals surface area contributed by atoms with Crippen molar-refractivity contribution < 1.29 is 4.39 Å². The van der Waals surface area contributed by atoms with Crippen LogP contribution in [0.4, 0.5) is 4.39 Å². The smallest absolute Gasteiger partial charge is 0.191 e. The fourth-order valence-electron chi connectivity index (χ4n) is 1.90. The summed E-state index contributed by atoms with van der Waals surface area (Å²) in [5.41, 5.74) is 3.58. The van der Waals surface area contributed by atoms with E-state index >= 15 is 0 Å². The van der Waals surface area contributed by atoms with Crippen molar-refractivity contribution in [1.82, 2.24) is 15.6 Å². The van der Waals surface area contributed by atoms with Gasteiger partial charge < -0.3 is 10.6 Å². The van der Waals surface area contributed by atoms with Crippen molar-refractivity contribution in [2.75, 3.05) is 13.6 Å². The van der Waals surface area contributed by atoms with Crippen LogP contribution in [0.5, 0.6) is 0 Å². The summed E-state index contributed by atoms with van der Waals surface area (Å²) in [4.78, 5) is 9.55. The lowest BCUT2D eigenvalue weighted by Gasteiger charge is -2.11. The highest BCUT2D eigenvalue weighted by molar-refractivity contribution is 7.09. The maximum atomic E-state index is 13.5. The summed E-state index contributed by atoms with van der Waals surface area (Å²) in [6.07, 6.45) is 0.618. The molecule has 112 valence electrons. The Morgan fingerprint density at radius 1 is 1.33 bits per heavy atom. The number of nitrogens with zero attached hydrogens (tertiary/aromatic N) is 2. The molecule has 0 spiro atoms. The Kier molecular flexibility index (Phi) is 5.68. The molecule has 0 fully saturated rings. The first-order valence-electron chi connectivity index (χ1n) is 6.77. The van der Waals surface area contributed by atoms with Crippen LogP contribution >= 0.6 is 11.3 Å². The molecule has 0 radical (unpaired) electrons. The first-order chi connectivity index (χ1) is 10.2. The first-order valence-corrected chi connectivity index (χ1v) is 7.65. The molecule has 0 saturated carbocycles. The van der Waals surface area contributed by atoms with Gasteiger partial charge in [0.1, 0.15) is 5.82 Å². The summed E-state index contributed by atoms with van der Waals surface area (Å²) in [6, 6.07) is 6.82.